The van der Waals surface area contributed by atoms with Crippen LogP contribution in [-0.2, 0) is 22.4 Å². The van der Waals surface area contributed by atoms with Gasteiger partial charge in [-0.15, -0.1) is 0 Å². The lowest BCUT2D eigenvalue weighted by atomic mass is 9.92. The zero-order chi connectivity index (χ0) is 25.3. The average molecular weight is 500 g/mol. The van der Waals surface area contributed by atoms with Gasteiger partial charge in [-0.2, -0.15) is 0 Å². The molecule has 2 N–H and O–H groups in total. The molecule has 184 valence electrons. The van der Waals surface area contributed by atoms with Crippen LogP contribution >= 0.6 is 11.6 Å². The Bertz CT molecular complexity index is 1340. The van der Waals surface area contributed by atoms with Gasteiger partial charge in [0.15, 0.2) is 6.61 Å². The monoisotopic (exact) mass is 499 g/mol. The number of ether oxygens (including phenoxy) is 2. The summed E-state index contributed by atoms with van der Waals surface area (Å²) in [5.74, 6) is -0.921. The van der Waals surface area contributed by atoms with Gasteiger partial charge < -0.3 is 24.3 Å². The van der Waals surface area contributed by atoms with Crippen LogP contribution in [0.4, 0.5) is 0 Å². The number of carbonyl (C=O) groups excluding carboxylic acids is 1. The highest BCUT2D eigenvalue weighted by Gasteiger charge is 2.30. The molecule has 0 fully saturated rings. The fraction of sp³-hybridized carbons (Fsp3) is 0.346. The molecule has 1 atom stereocenters. The van der Waals surface area contributed by atoms with E-state index in [1.807, 2.05) is 13.8 Å². The summed E-state index contributed by atoms with van der Waals surface area (Å²) in [7, 11) is 0. The number of halogens is 1. The van der Waals surface area contributed by atoms with Gasteiger partial charge in [-0.1, -0.05) is 23.7 Å². The fourth-order valence-corrected chi connectivity index (χ4v) is 4.30. The van der Waals surface area contributed by atoms with E-state index in [-0.39, 0.29) is 6.42 Å². The van der Waals surface area contributed by atoms with Gasteiger partial charge in [-0.3, -0.25) is 4.79 Å². The van der Waals surface area contributed by atoms with E-state index in [4.69, 9.17) is 25.5 Å². The predicted octanol–water partition coefficient (Wildman–Crippen LogP) is 4.05. The number of carboxylic acids is 1. The van der Waals surface area contributed by atoms with Gasteiger partial charge in [0.2, 0.25) is 0 Å². The first-order chi connectivity index (χ1) is 16.5. The number of benzene rings is 2. The van der Waals surface area contributed by atoms with Crippen molar-refractivity contribution in [3.8, 4) is 11.5 Å². The Morgan fingerprint density at radius 2 is 1.94 bits per heavy atom. The fourth-order valence-electron chi connectivity index (χ4n) is 4.17. The van der Waals surface area contributed by atoms with Gasteiger partial charge in [0, 0.05) is 29.1 Å². The van der Waals surface area contributed by atoms with Gasteiger partial charge in [0.25, 0.3) is 5.91 Å². The molecule has 0 radical (unpaired) electrons. The van der Waals surface area contributed by atoms with Gasteiger partial charge in [-0.05, 0) is 56.9 Å². The van der Waals surface area contributed by atoms with Crippen molar-refractivity contribution in [3.63, 3.8) is 0 Å². The normalized spacial score (nSPS) is 15.1. The summed E-state index contributed by atoms with van der Waals surface area (Å²) in [6.45, 7) is 5.26. The highest BCUT2D eigenvalue weighted by molar-refractivity contribution is 6.30. The van der Waals surface area contributed by atoms with E-state index in [9.17, 15) is 19.5 Å². The third kappa shape index (κ3) is 5.59. The third-order valence-corrected chi connectivity index (χ3v) is 6.20. The Hall–Kier alpha value is -3.52. The van der Waals surface area contributed by atoms with E-state index < -0.39 is 35.8 Å². The van der Waals surface area contributed by atoms with Crippen LogP contribution in [0.1, 0.15) is 37.0 Å². The van der Waals surface area contributed by atoms with Crippen molar-refractivity contribution >= 4 is 34.4 Å². The van der Waals surface area contributed by atoms with Crippen LogP contribution in [0.25, 0.3) is 11.0 Å². The minimum absolute atomic E-state index is 0.0905. The van der Waals surface area contributed by atoms with E-state index in [1.165, 1.54) is 6.07 Å². The maximum atomic E-state index is 12.6. The number of rotatable bonds is 7. The number of fused-ring (bicyclic) bond motifs is 3. The second-order valence-electron chi connectivity index (χ2n) is 9.24. The number of nitrogens with one attached hydrogen (secondary N) is 1. The van der Waals surface area contributed by atoms with E-state index in [2.05, 4.69) is 5.32 Å². The number of carboxylic acid groups (broad SMARTS) is 1. The lowest BCUT2D eigenvalue weighted by molar-refractivity contribution is -0.142. The first-order valence-corrected chi connectivity index (χ1v) is 11.6. The molecule has 8 nitrogen and oxygen atoms in total. The molecule has 1 aliphatic heterocycles. The van der Waals surface area contributed by atoms with Gasteiger partial charge in [0.05, 0.1) is 5.39 Å². The van der Waals surface area contributed by atoms with E-state index in [1.54, 1.807) is 37.3 Å². The molecule has 1 amide bonds. The molecule has 1 aromatic heterocycles. The lowest BCUT2D eigenvalue weighted by Gasteiger charge is -2.33. The molecular weight excluding hydrogens is 474 g/mol. The summed E-state index contributed by atoms with van der Waals surface area (Å²) in [6, 6.07) is 8.65. The van der Waals surface area contributed by atoms with Crippen LogP contribution in [0, 0.1) is 6.92 Å². The number of hydrogen-bond acceptors (Lipinski definition) is 6. The topological polar surface area (TPSA) is 115 Å². The Morgan fingerprint density at radius 1 is 1.23 bits per heavy atom. The molecular formula is C26H26ClNO7. The molecule has 1 aliphatic rings. The number of hydrogen-bond donors (Lipinski definition) is 2. The van der Waals surface area contributed by atoms with Crippen molar-refractivity contribution in [2.24, 2.45) is 0 Å². The summed E-state index contributed by atoms with van der Waals surface area (Å²) < 4.78 is 17.4. The van der Waals surface area contributed by atoms with Gasteiger partial charge >= 0.3 is 11.6 Å². The van der Waals surface area contributed by atoms with Crippen molar-refractivity contribution in [1.29, 1.82) is 0 Å². The van der Waals surface area contributed by atoms with Crippen molar-refractivity contribution in [2.75, 3.05) is 6.61 Å². The van der Waals surface area contributed by atoms with Crippen LogP contribution in [0.3, 0.4) is 0 Å². The van der Waals surface area contributed by atoms with Crippen molar-refractivity contribution in [2.45, 2.75) is 51.7 Å². The highest BCUT2D eigenvalue weighted by atomic mass is 35.5. The van der Waals surface area contributed by atoms with Gasteiger partial charge in [0.1, 0.15) is 28.7 Å². The Balaban J connectivity index is 1.56. The van der Waals surface area contributed by atoms with Crippen LogP contribution in [-0.4, -0.2) is 35.2 Å². The van der Waals surface area contributed by atoms with Crippen molar-refractivity contribution in [1.82, 2.24) is 5.32 Å². The summed E-state index contributed by atoms with van der Waals surface area (Å²) in [5, 5.41) is 13.2. The van der Waals surface area contributed by atoms with Crippen molar-refractivity contribution < 1.29 is 28.6 Å². The molecule has 0 saturated carbocycles. The molecule has 0 spiro atoms. The zero-order valence-electron chi connectivity index (χ0n) is 19.6. The van der Waals surface area contributed by atoms with E-state index >= 15 is 0 Å². The number of aliphatic carboxylic acids is 1. The summed E-state index contributed by atoms with van der Waals surface area (Å²) in [5.41, 5.74) is 1.63. The van der Waals surface area contributed by atoms with Crippen LogP contribution in [0.5, 0.6) is 11.5 Å². The molecule has 35 heavy (non-hydrogen) atoms. The Labute approximate surface area is 206 Å². The maximum absolute atomic E-state index is 12.6. The molecule has 9 heteroatoms. The number of aryl methyl sites for hydroxylation is 2. The lowest BCUT2D eigenvalue weighted by Crippen LogP contribution is -2.44. The highest BCUT2D eigenvalue weighted by Crippen LogP contribution is 2.42. The second kappa shape index (κ2) is 9.62. The molecule has 3 aromatic rings. The largest absolute Gasteiger partial charge is 0.487 e. The first-order valence-electron chi connectivity index (χ1n) is 11.2. The SMILES string of the molecule is Cc1cc(=O)oc2c3c(cc(OCC(=O)N[C@@H](Cc4ccc(Cl)cc4)C(=O)O)c12)OC(C)(C)CC3. The molecule has 0 bridgehead atoms. The number of amides is 1. The molecule has 2 heterocycles. The smallest absolute Gasteiger partial charge is 0.336 e. The minimum Gasteiger partial charge on any atom is -0.487 e. The molecule has 2 aromatic carbocycles. The molecule has 0 unspecified atom stereocenters. The van der Waals surface area contributed by atoms with Crippen LogP contribution in [0.2, 0.25) is 5.02 Å². The second-order valence-corrected chi connectivity index (χ2v) is 9.68. The minimum atomic E-state index is -1.17. The van der Waals surface area contributed by atoms with Crippen LogP contribution in [0.15, 0.2) is 45.6 Å². The van der Waals surface area contributed by atoms with E-state index in [0.717, 1.165) is 12.0 Å². The quantitative estimate of drug-likeness (QED) is 0.471. The summed E-state index contributed by atoms with van der Waals surface area (Å²) >= 11 is 5.88. The van der Waals surface area contributed by atoms with Crippen molar-refractivity contribution in [3.05, 3.63) is 68.5 Å². The first kappa shape index (κ1) is 24.6. The third-order valence-electron chi connectivity index (χ3n) is 5.95. The van der Waals surface area contributed by atoms with Crippen LogP contribution < -0.4 is 20.4 Å². The predicted molar refractivity (Wildman–Crippen MR) is 130 cm³/mol. The van der Waals surface area contributed by atoms with Gasteiger partial charge in [-0.25, -0.2) is 9.59 Å². The Morgan fingerprint density at radius 3 is 2.63 bits per heavy atom. The van der Waals surface area contributed by atoms with E-state index in [0.29, 0.717) is 45.0 Å². The maximum Gasteiger partial charge on any atom is 0.336 e. The molecule has 0 aliphatic carbocycles. The molecule has 4 rings (SSSR count). The summed E-state index contributed by atoms with van der Waals surface area (Å²) in [4.78, 5) is 36.4. The average Bonchev–Trinajstić information content (AvgIpc) is 2.77. The number of carbonyl (C=O) groups is 2. The summed E-state index contributed by atoms with van der Waals surface area (Å²) in [6.07, 6.45) is 1.50. The standard InChI is InChI=1S/C26H26ClNO7/c1-14-10-22(30)34-24-17-8-9-26(2,3)35-19(17)12-20(23(14)24)33-13-21(29)28-18(25(31)32)11-15-4-6-16(27)7-5-15/h4-7,10,12,18H,8-9,11,13H2,1-3H3,(H,28,29)(H,31,32)/t18-/m0/s1. The molecule has 0 saturated heterocycles. The Kier molecular flexibility index (Phi) is 6.76. The zero-order valence-corrected chi connectivity index (χ0v) is 20.4.